The van der Waals surface area contributed by atoms with Crippen LogP contribution in [0.5, 0.6) is 0 Å². The van der Waals surface area contributed by atoms with Crippen LogP contribution in [-0.4, -0.2) is 53.3 Å². The number of urea groups is 1. The Morgan fingerprint density at radius 2 is 1.79 bits per heavy atom. The molecule has 0 spiro atoms. The zero-order chi connectivity index (χ0) is 16.8. The van der Waals surface area contributed by atoms with Crippen molar-refractivity contribution in [2.75, 3.05) is 37.3 Å². The van der Waals surface area contributed by atoms with Crippen LogP contribution >= 0.6 is 11.8 Å². The highest BCUT2D eigenvalue weighted by Crippen LogP contribution is 2.15. The molecular weight excluding hydrogens is 322 g/mol. The number of anilines is 1. The van der Waals surface area contributed by atoms with Crippen LogP contribution in [0.25, 0.3) is 0 Å². The Bertz CT molecular complexity index is 656. The summed E-state index contributed by atoms with van der Waals surface area (Å²) >= 11 is 1.71. The molecule has 0 aliphatic carbocycles. The maximum Gasteiger partial charge on any atom is 0.317 e. The van der Waals surface area contributed by atoms with E-state index in [1.165, 1.54) is 4.90 Å². The fourth-order valence-corrected chi connectivity index (χ4v) is 3.01. The summed E-state index contributed by atoms with van der Waals surface area (Å²) in [6.07, 6.45) is 5.53. The third-order valence-corrected chi connectivity index (χ3v) is 4.75. The zero-order valence-electron chi connectivity index (χ0n) is 13.7. The Hall–Kier alpha value is -2.28. The van der Waals surface area contributed by atoms with E-state index in [0.29, 0.717) is 19.6 Å². The van der Waals surface area contributed by atoms with E-state index in [0.717, 1.165) is 24.6 Å². The van der Waals surface area contributed by atoms with Gasteiger partial charge in [0.25, 0.3) is 0 Å². The second-order valence-corrected chi connectivity index (χ2v) is 6.41. The number of hydrogen-bond donors (Lipinski definition) is 1. The molecule has 2 heterocycles. The minimum atomic E-state index is -0.0161. The third kappa shape index (κ3) is 4.17. The lowest BCUT2D eigenvalue weighted by Gasteiger charge is -2.34. The smallest absolute Gasteiger partial charge is 0.317 e. The molecule has 0 bridgehead atoms. The number of nitrogens with one attached hydrogen (secondary N) is 1. The molecule has 7 heteroatoms. The molecule has 0 saturated carbocycles. The first-order chi connectivity index (χ1) is 11.8. The second-order valence-electron chi connectivity index (χ2n) is 5.53. The number of piperazine rings is 1. The minimum Gasteiger partial charge on any atom is -0.337 e. The van der Waals surface area contributed by atoms with E-state index >= 15 is 0 Å². The molecule has 1 saturated heterocycles. The number of rotatable bonds is 4. The standard InChI is InChI=1S/C17H21N5OS/c1-24-15-5-3-14(4-6-15)13-20-17(23)22-11-9-21(10-12-22)16-18-7-2-8-19-16/h2-8H,9-13H2,1H3,(H,20,23). The highest BCUT2D eigenvalue weighted by atomic mass is 32.2. The van der Waals surface area contributed by atoms with Gasteiger partial charge in [-0.2, -0.15) is 0 Å². The summed E-state index contributed by atoms with van der Waals surface area (Å²) in [4.78, 5) is 26.0. The van der Waals surface area contributed by atoms with Crippen molar-refractivity contribution >= 4 is 23.7 Å². The summed E-state index contributed by atoms with van der Waals surface area (Å²) in [7, 11) is 0. The Kier molecular flexibility index (Phi) is 5.53. The van der Waals surface area contributed by atoms with Gasteiger partial charge in [0.05, 0.1) is 0 Å². The van der Waals surface area contributed by atoms with E-state index in [1.807, 2.05) is 4.90 Å². The number of aromatic nitrogens is 2. The molecule has 3 rings (SSSR count). The maximum atomic E-state index is 12.3. The van der Waals surface area contributed by atoms with E-state index in [1.54, 1.807) is 30.2 Å². The number of carbonyl (C=O) groups is 1. The molecule has 1 aromatic heterocycles. The van der Waals surface area contributed by atoms with Gasteiger partial charge in [-0.3, -0.25) is 0 Å². The van der Waals surface area contributed by atoms with E-state index in [2.05, 4.69) is 50.7 Å². The number of carbonyl (C=O) groups excluding carboxylic acids is 1. The fourth-order valence-electron chi connectivity index (χ4n) is 2.60. The predicted molar refractivity (Wildman–Crippen MR) is 96.3 cm³/mol. The topological polar surface area (TPSA) is 61.4 Å². The molecular formula is C17H21N5OS. The SMILES string of the molecule is CSc1ccc(CNC(=O)N2CCN(c3ncccn3)CC2)cc1. The lowest BCUT2D eigenvalue weighted by molar-refractivity contribution is 0.193. The Labute approximate surface area is 146 Å². The van der Waals surface area contributed by atoms with Gasteiger partial charge in [0.2, 0.25) is 5.95 Å². The Balaban J connectivity index is 1.46. The van der Waals surface area contributed by atoms with Gasteiger partial charge in [0.15, 0.2) is 0 Å². The van der Waals surface area contributed by atoms with Gasteiger partial charge in [-0.25, -0.2) is 14.8 Å². The van der Waals surface area contributed by atoms with Gasteiger partial charge < -0.3 is 15.1 Å². The summed E-state index contributed by atoms with van der Waals surface area (Å²) in [5.41, 5.74) is 1.11. The van der Waals surface area contributed by atoms with Crippen LogP contribution in [0.4, 0.5) is 10.7 Å². The predicted octanol–water partition coefficient (Wildman–Crippen LogP) is 2.23. The van der Waals surface area contributed by atoms with Gasteiger partial charge >= 0.3 is 6.03 Å². The van der Waals surface area contributed by atoms with Gasteiger partial charge in [0.1, 0.15) is 0 Å². The van der Waals surface area contributed by atoms with Crippen LogP contribution in [0, 0.1) is 0 Å². The monoisotopic (exact) mass is 343 g/mol. The number of thioether (sulfide) groups is 1. The molecule has 2 aromatic rings. The van der Waals surface area contributed by atoms with Gasteiger partial charge in [-0.15, -0.1) is 11.8 Å². The molecule has 1 aliphatic heterocycles. The molecule has 0 radical (unpaired) electrons. The van der Waals surface area contributed by atoms with Gasteiger partial charge in [0, 0.05) is 50.0 Å². The molecule has 1 aromatic carbocycles. The van der Waals surface area contributed by atoms with Crippen LogP contribution < -0.4 is 10.2 Å². The highest BCUT2D eigenvalue weighted by Gasteiger charge is 2.22. The van der Waals surface area contributed by atoms with E-state index in [9.17, 15) is 4.79 Å². The van der Waals surface area contributed by atoms with E-state index in [4.69, 9.17) is 0 Å². The molecule has 2 amide bonds. The number of nitrogens with zero attached hydrogens (tertiary/aromatic N) is 4. The van der Waals surface area contributed by atoms with E-state index in [-0.39, 0.29) is 6.03 Å². The quantitative estimate of drug-likeness (QED) is 0.863. The van der Waals surface area contributed by atoms with Crippen LogP contribution in [0.1, 0.15) is 5.56 Å². The summed E-state index contributed by atoms with van der Waals surface area (Å²) in [6, 6.07) is 10.0. The lowest BCUT2D eigenvalue weighted by Crippen LogP contribution is -2.52. The van der Waals surface area contributed by atoms with Crippen molar-refractivity contribution in [1.29, 1.82) is 0 Å². The average molecular weight is 343 g/mol. The molecule has 0 atom stereocenters. The summed E-state index contributed by atoms with van der Waals surface area (Å²) < 4.78 is 0. The first kappa shape index (κ1) is 16.6. The second kappa shape index (κ2) is 8.01. The molecule has 126 valence electrons. The van der Waals surface area contributed by atoms with Crippen molar-refractivity contribution in [3.8, 4) is 0 Å². The first-order valence-electron chi connectivity index (χ1n) is 7.94. The largest absolute Gasteiger partial charge is 0.337 e. The summed E-state index contributed by atoms with van der Waals surface area (Å²) in [5.74, 6) is 0.728. The minimum absolute atomic E-state index is 0.0161. The van der Waals surface area contributed by atoms with Gasteiger partial charge in [-0.05, 0) is 30.0 Å². The first-order valence-corrected chi connectivity index (χ1v) is 9.16. The summed E-state index contributed by atoms with van der Waals surface area (Å²) in [5, 5.41) is 2.99. The number of benzene rings is 1. The molecule has 1 fully saturated rings. The third-order valence-electron chi connectivity index (χ3n) is 4.00. The molecule has 1 N–H and O–H groups in total. The molecule has 24 heavy (non-hydrogen) atoms. The highest BCUT2D eigenvalue weighted by molar-refractivity contribution is 7.98. The van der Waals surface area contributed by atoms with Crippen molar-refractivity contribution in [3.05, 3.63) is 48.3 Å². The number of amides is 2. The van der Waals surface area contributed by atoms with Gasteiger partial charge in [-0.1, -0.05) is 12.1 Å². The Morgan fingerprint density at radius 1 is 1.12 bits per heavy atom. The van der Waals surface area contributed by atoms with Crippen molar-refractivity contribution in [2.24, 2.45) is 0 Å². The van der Waals surface area contributed by atoms with E-state index < -0.39 is 0 Å². The zero-order valence-corrected chi connectivity index (χ0v) is 14.5. The Morgan fingerprint density at radius 3 is 2.42 bits per heavy atom. The van der Waals surface area contributed by atoms with Crippen molar-refractivity contribution in [3.63, 3.8) is 0 Å². The lowest BCUT2D eigenvalue weighted by atomic mass is 10.2. The van der Waals surface area contributed by atoms with Crippen LogP contribution in [0.15, 0.2) is 47.6 Å². The van der Waals surface area contributed by atoms with Crippen molar-refractivity contribution in [1.82, 2.24) is 20.2 Å². The average Bonchev–Trinajstić information content (AvgIpc) is 2.67. The normalized spacial score (nSPS) is 14.5. The van der Waals surface area contributed by atoms with Crippen LogP contribution in [0.3, 0.4) is 0 Å². The maximum absolute atomic E-state index is 12.3. The van der Waals surface area contributed by atoms with Crippen LogP contribution in [0.2, 0.25) is 0 Å². The fraction of sp³-hybridized carbons (Fsp3) is 0.353. The molecule has 6 nitrogen and oxygen atoms in total. The van der Waals surface area contributed by atoms with Crippen LogP contribution in [-0.2, 0) is 6.54 Å². The van der Waals surface area contributed by atoms with Crippen molar-refractivity contribution < 1.29 is 4.79 Å². The summed E-state index contributed by atoms with van der Waals surface area (Å²) in [6.45, 7) is 3.40. The number of hydrogen-bond acceptors (Lipinski definition) is 5. The van der Waals surface area contributed by atoms with Crippen molar-refractivity contribution in [2.45, 2.75) is 11.4 Å². The molecule has 1 aliphatic rings. The molecule has 0 unspecified atom stereocenters.